The molecular weight excluding hydrogens is 311 g/mol. The van der Waals surface area contributed by atoms with Gasteiger partial charge in [-0.2, -0.15) is 0 Å². The molecule has 4 N–H and O–H groups in total. The maximum Gasteiger partial charge on any atom is 0.603 e. The van der Waals surface area contributed by atoms with Crippen LogP contribution in [-0.4, -0.2) is 31.4 Å². The zero-order valence-corrected chi connectivity index (χ0v) is 13.9. The molecule has 0 aromatic heterocycles. The minimum Gasteiger partial charge on any atom is -0.613 e. The highest BCUT2D eigenvalue weighted by Crippen LogP contribution is 2.19. The van der Waals surface area contributed by atoms with Crippen molar-refractivity contribution < 1.29 is 24.3 Å². The van der Waals surface area contributed by atoms with E-state index < -0.39 is 14.5 Å². The van der Waals surface area contributed by atoms with Gasteiger partial charge in [-0.25, -0.2) is 0 Å². The van der Waals surface area contributed by atoms with Crippen LogP contribution in [0, 0.1) is 12.3 Å². The zero-order valence-electron chi connectivity index (χ0n) is 12.8. The molecule has 120 valence electrons. The van der Waals surface area contributed by atoms with Gasteiger partial charge in [-0.3, -0.25) is 4.79 Å². The number of hydrogen-bond donors (Lipinski definition) is 0. The molecule has 0 heterocycles. The van der Waals surface area contributed by atoms with Crippen LogP contribution in [0.15, 0.2) is 54.6 Å². The zero-order chi connectivity index (χ0) is 15.1. The highest BCUT2D eigenvalue weighted by molar-refractivity contribution is 6.69. The molecule has 0 aliphatic heterocycles. The molecule has 0 spiro atoms. The Kier molecular flexibility index (Phi) is 9.41. The first-order valence-electron chi connectivity index (χ1n) is 6.62. The summed E-state index contributed by atoms with van der Waals surface area (Å²) in [5, 5.41) is 0.467. The highest BCUT2D eigenvalue weighted by Gasteiger charge is 2.27. The van der Waals surface area contributed by atoms with E-state index in [4.69, 9.17) is 14.9 Å². The first kappa shape index (κ1) is 20.7. The van der Waals surface area contributed by atoms with Crippen molar-refractivity contribution in [3.05, 3.63) is 54.6 Å². The fourth-order valence-corrected chi connectivity index (χ4v) is 3.68. The molecular formula is C17H19AlO5. The van der Waals surface area contributed by atoms with Crippen LogP contribution >= 0.6 is 0 Å². The van der Waals surface area contributed by atoms with E-state index in [-0.39, 0.29) is 16.9 Å². The second-order valence-corrected chi connectivity index (χ2v) is 6.78. The van der Waals surface area contributed by atoms with Gasteiger partial charge in [0.25, 0.3) is 5.97 Å². The molecule has 0 fully saturated rings. The van der Waals surface area contributed by atoms with Gasteiger partial charge < -0.3 is 19.5 Å². The van der Waals surface area contributed by atoms with Gasteiger partial charge in [0.1, 0.15) is 11.5 Å². The highest BCUT2D eigenvalue weighted by atomic mass is 27.2. The van der Waals surface area contributed by atoms with Gasteiger partial charge >= 0.3 is 14.5 Å². The summed E-state index contributed by atoms with van der Waals surface area (Å²) >= 11 is -1.95. The second kappa shape index (κ2) is 10.4. The third-order valence-corrected chi connectivity index (χ3v) is 5.15. The minimum atomic E-state index is -1.95. The summed E-state index contributed by atoms with van der Waals surface area (Å²) in [6.45, 7) is 1.40. The molecule has 0 saturated heterocycles. The number of benzene rings is 2. The fraction of sp³-hybridized carbons (Fsp3) is 0.118. The number of para-hydroxylation sites is 1. The first-order valence-corrected chi connectivity index (χ1v) is 8.49. The Morgan fingerprint density at radius 2 is 1.74 bits per heavy atom. The van der Waals surface area contributed by atoms with Crippen LogP contribution < -0.4 is 9.16 Å². The summed E-state index contributed by atoms with van der Waals surface area (Å²) in [7, 11) is 0. The smallest absolute Gasteiger partial charge is 0.603 e. The summed E-state index contributed by atoms with van der Waals surface area (Å²) in [6, 6.07) is 17.1. The van der Waals surface area contributed by atoms with E-state index in [0.29, 0.717) is 11.0 Å². The molecule has 0 saturated carbocycles. The number of carbonyl (C=O) groups excluding carboxylic acids is 1. The van der Waals surface area contributed by atoms with Crippen molar-refractivity contribution in [1.29, 1.82) is 0 Å². The molecule has 0 bridgehead atoms. The molecule has 2 rings (SSSR count). The molecule has 2 aromatic carbocycles. The number of rotatable bonds is 5. The van der Waals surface area contributed by atoms with Gasteiger partial charge in [0, 0.05) is 12.2 Å². The average molecular weight is 330 g/mol. The van der Waals surface area contributed by atoms with Gasteiger partial charge in [-0.15, -0.1) is 12.3 Å². The van der Waals surface area contributed by atoms with E-state index in [1.807, 2.05) is 54.6 Å². The van der Waals surface area contributed by atoms with E-state index in [9.17, 15) is 4.79 Å². The van der Waals surface area contributed by atoms with E-state index in [0.717, 1.165) is 10.2 Å². The van der Waals surface area contributed by atoms with Crippen molar-refractivity contribution in [2.75, 3.05) is 0 Å². The van der Waals surface area contributed by atoms with Crippen LogP contribution in [0.2, 0.25) is 5.28 Å². The van der Waals surface area contributed by atoms with Crippen molar-refractivity contribution in [3.8, 4) is 23.8 Å². The summed E-state index contributed by atoms with van der Waals surface area (Å²) in [5.41, 5.74) is 0. The van der Waals surface area contributed by atoms with Gasteiger partial charge in [0.05, 0.1) is 0 Å². The Hall–Kier alpha value is -2.28. The van der Waals surface area contributed by atoms with Crippen LogP contribution in [0.25, 0.3) is 0 Å². The molecule has 0 aliphatic rings. The Balaban J connectivity index is 0.00000242. The van der Waals surface area contributed by atoms with Gasteiger partial charge in [0.2, 0.25) is 0 Å². The number of ether oxygens (including phenoxy) is 1. The predicted molar refractivity (Wildman–Crippen MR) is 91.0 cm³/mol. The molecule has 5 nitrogen and oxygen atoms in total. The maximum absolute atomic E-state index is 11.2. The van der Waals surface area contributed by atoms with E-state index >= 15 is 0 Å². The summed E-state index contributed by atoms with van der Waals surface area (Å²) < 4.78 is 12.1. The Morgan fingerprint density at radius 1 is 1.09 bits per heavy atom. The topological polar surface area (TPSA) is 98.5 Å². The lowest BCUT2D eigenvalue weighted by molar-refractivity contribution is -0.132. The molecule has 6 heteroatoms. The SMILES string of the molecule is C#C[CH2][Al]([O]C(C)=O)[c]1cccc(Oc2ccccc2)c1.O.O. The van der Waals surface area contributed by atoms with Gasteiger partial charge in [-0.05, 0) is 24.3 Å². The number of terminal acetylenes is 1. The van der Waals surface area contributed by atoms with Crippen LogP contribution in [0.5, 0.6) is 11.5 Å². The van der Waals surface area contributed by atoms with Crippen LogP contribution in [0.4, 0.5) is 0 Å². The van der Waals surface area contributed by atoms with Crippen molar-refractivity contribution in [1.82, 2.24) is 0 Å². The molecule has 2 aromatic rings. The van der Waals surface area contributed by atoms with E-state index in [1.54, 1.807) is 0 Å². The molecule has 0 radical (unpaired) electrons. The quantitative estimate of drug-likeness (QED) is 0.609. The predicted octanol–water partition coefficient (Wildman–Crippen LogP) is 1.22. The van der Waals surface area contributed by atoms with Crippen molar-refractivity contribution in [3.63, 3.8) is 0 Å². The Labute approximate surface area is 140 Å². The molecule has 0 atom stereocenters. The van der Waals surface area contributed by atoms with Crippen molar-refractivity contribution in [2.24, 2.45) is 0 Å². The fourth-order valence-electron chi connectivity index (χ4n) is 1.94. The molecule has 23 heavy (non-hydrogen) atoms. The lowest BCUT2D eigenvalue weighted by Gasteiger charge is -2.12. The van der Waals surface area contributed by atoms with Crippen LogP contribution in [0.3, 0.4) is 0 Å². The third-order valence-electron chi connectivity index (χ3n) is 2.82. The average Bonchev–Trinajstić information content (AvgIpc) is 2.48. The Bertz CT molecular complexity index is 652. The van der Waals surface area contributed by atoms with Crippen molar-refractivity contribution in [2.45, 2.75) is 12.2 Å². The molecule has 0 unspecified atom stereocenters. The monoisotopic (exact) mass is 330 g/mol. The molecule has 0 aliphatic carbocycles. The third kappa shape index (κ3) is 6.56. The number of carbonyl (C=O) groups is 1. The number of hydrogen-bond acceptors (Lipinski definition) is 3. The van der Waals surface area contributed by atoms with Crippen LogP contribution in [0.1, 0.15) is 6.92 Å². The normalized spacial score (nSPS) is 8.70. The van der Waals surface area contributed by atoms with E-state index in [1.165, 1.54) is 6.92 Å². The van der Waals surface area contributed by atoms with Crippen molar-refractivity contribution >= 4 is 24.9 Å². The van der Waals surface area contributed by atoms with E-state index in [2.05, 4.69) is 5.92 Å². The summed E-state index contributed by atoms with van der Waals surface area (Å²) in [4.78, 5) is 11.2. The standard InChI is InChI=1S/C12H9O.C3H3.C2H4O2.Al.2H2O/c1-3-7-11(8-4-1)13-12-9-5-2-6-10-12;1-3-2;1-2(3)4;;;/h1-5,7-10H;1H,2H2;1H3,(H,3,4);;2*1H2/q;;;+1;;/p-1. The minimum absolute atomic E-state index is 0. The van der Waals surface area contributed by atoms with Gasteiger partial charge in [-0.1, -0.05) is 34.8 Å². The lowest BCUT2D eigenvalue weighted by atomic mass is 10.3. The van der Waals surface area contributed by atoms with Crippen LogP contribution in [-0.2, 0) is 8.58 Å². The summed E-state index contributed by atoms with van der Waals surface area (Å²) in [6.07, 6.45) is 5.37. The Morgan fingerprint density at radius 3 is 2.35 bits per heavy atom. The molecule has 0 amide bonds. The summed E-state index contributed by atoms with van der Waals surface area (Å²) in [5.74, 6) is 3.76. The largest absolute Gasteiger partial charge is 0.613 e. The maximum atomic E-state index is 11.2. The lowest BCUT2D eigenvalue weighted by Crippen LogP contribution is -2.34. The first-order chi connectivity index (χ1) is 10.2. The second-order valence-electron chi connectivity index (χ2n) is 4.49. The van der Waals surface area contributed by atoms with Gasteiger partial charge in [0.15, 0.2) is 0 Å².